The first-order valence-electron chi connectivity index (χ1n) is 12.0. The van der Waals surface area contributed by atoms with Crippen molar-refractivity contribution in [3.63, 3.8) is 0 Å². The summed E-state index contributed by atoms with van der Waals surface area (Å²) in [5, 5.41) is 16.9. The Hall–Kier alpha value is -3.93. The molecule has 42 heavy (non-hydrogen) atoms. The topological polar surface area (TPSA) is 217 Å². The molecule has 1 saturated heterocycles. The maximum Gasteiger partial charge on any atom is 0.352 e. The van der Waals surface area contributed by atoms with Crippen molar-refractivity contribution in [2.75, 3.05) is 24.3 Å². The van der Waals surface area contributed by atoms with Crippen LogP contribution in [0.25, 0.3) is 0 Å². The number of primary amides is 2. The predicted octanol–water partition coefficient (Wildman–Crippen LogP) is 2.13. The number of carbonyl (C=O) groups is 4. The van der Waals surface area contributed by atoms with E-state index in [1.54, 1.807) is 40.7 Å². The van der Waals surface area contributed by atoms with Crippen LogP contribution in [0.15, 0.2) is 56.5 Å². The van der Waals surface area contributed by atoms with Crippen LogP contribution in [0.2, 0.25) is 0 Å². The second kappa shape index (κ2) is 13.8. The largest absolute Gasteiger partial charge is 0.477 e. The Balaban J connectivity index is 0.000000262. The van der Waals surface area contributed by atoms with E-state index in [2.05, 4.69) is 20.0 Å². The standard InChI is InChI=1S/C19H17N3O4S3.C6H8N4O2S/c20-18(24)13-5-14(10(7-21-13)4-12-2-1-3-27-12)28-8-11-9-29-16-6-15(23)22(16)17(11)19(25)26;1-12-10-4(5(7)11)3-2-13-6(8)9-3/h1-3,5,7,16H,4,6,8-9H2,(H2,20,24)(H,25,26);2H,1H3,(H2,7,11)(H2,8,9)/b;10-4-/t16-;/m0./s1. The zero-order valence-electron chi connectivity index (χ0n) is 22.0. The lowest BCUT2D eigenvalue weighted by Gasteiger charge is -2.44. The van der Waals surface area contributed by atoms with E-state index < -0.39 is 17.8 Å². The summed E-state index contributed by atoms with van der Waals surface area (Å²) in [6.45, 7) is 0. The molecule has 0 aliphatic carbocycles. The second-order valence-corrected chi connectivity index (χ2v) is 12.7. The molecule has 5 rings (SSSR count). The van der Waals surface area contributed by atoms with Crippen molar-refractivity contribution < 1.29 is 29.1 Å². The number of β-lactam (4-membered cyclic amide) rings is 1. The highest BCUT2D eigenvalue weighted by Crippen LogP contribution is 2.41. The quantitative estimate of drug-likeness (QED) is 0.108. The number of carboxylic acids is 1. The number of aromatic nitrogens is 2. The van der Waals surface area contributed by atoms with Crippen molar-refractivity contribution in [2.45, 2.75) is 23.1 Å². The third-order valence-corrected chi connectivity index (χ3v) is 9.87. The molecular weight excluding hydrogens is 623 g/mol. The molecule has 220 valence electrons. The van der Waals surface area contributed by atoms with Crippen molar-refractivity contribution in [3.05, 3.63) is 68.3 Å². The van der Waals surface area contributed by atoms with Crippen molar-refractivity contribution in [3.8, 4) is 0 Å². The van der Waals surface area contributed by atoms with Gasteiger partial charge in [0.25, 0.3) is 11.8 Å². The van der Waals surface area contributed by atoms with E-state index in [1.165, 1.54) is 35.1 Å². The molecule has 3 aromatic rings. The number of thiophene rings is 1. The van der Waals surface area contributed by atoms with E-state index in [-0.39, 0.29) is 28.4 Å². The minimum Gasteiger partial charge on any atom is -0.477 e. The maximum absolute atomic E-state index is 11.9. The fourth-order valence-electron chi connectivity index (χ4n) is 3.93. The van der Waals surface area contributed by atoms with Crippen molar-refractivity contribution >= 4 is 80.7 Å². The number of thioether (sulfide) groups is 2. The number of aliphatic carboxylic acids is 1. The number of nitrogens with two attached hydrogens (primary N) is 3. The van der Waals surface area contributed by atoms with Crippen LogP contribution < -0.4 is 17.2 Å². The zero-order valence-corrected chi connectivity index (χ0v) is 25.3. The maximum atomic E-state index is 11.9. The Morgan fingerprint density at radius 1 is 1.26 bits per heavy atom. The summed E-state index contributed by atoms with van der Waals surface area (Å²) in [6.07, 6.45) is 2.71. The summed E-state index contributed by atoms with van der Waals surface area (Å²) in [4.78, 5) is 61.9. The summed E-state index contributed by atoms with van der Waals surface area (Å²) < 4.78 is 0. The van der Waals surface area contributed by atoms with E-state index in [0.717, 1.165) is 15.3 Å². The number of hydrogen-bond donors (Lipinski definition) is 4. The molecule has 0 bridgehead atoms. The first-order valence-corrected chi connectivity index (χ1v) is 15.8. The molecule has 17 heteroatoms. The van der Waals surface area contributed by atoms with Gasteiger partial charge in [0.15, 0.2) is 10.8 Å². The number of oxime groups is 1. The third-order valence-electron chi connectivity index (χ3n) is 5.86. The van der Waals surface area contributed by atoms with Gasteiger partial charge in [-0.2, -0.15) is 0 Å². The number of pyridine rings is 1. The Bertz CT molecular complexity index is 1570. The molecule has 2 aliphatic rings. The van der Waals surface area contributed by atoms with Crippen LogP contribution in [0.4, 0.5) is 5.13 Å². The fraction of sp³-hybridized carbons (Fsp3) is 0.240. The van der Waals surface area contributed by atoms with E-state index in [1.807, 2.05) is 17.5 Å². The molecule has 3 amide bonds. The number of carbonyl (C=O) groups excluding carboxylic acids is 3. The zero-order chi connectivity index (χ0) is 30.4. The first kappa shape index (κ1) is 31.0. The van der Waals surface area contributed by atoms with Gasteiger partial charge in [0, 0.05) is 39.3 Å². The first-order chi connectivity index (χ1) is 20.1. The Morgan fingerprint density at radius 2 is 2.05 bits per heavy atom. The molecule has 3 aromatic heterocycles. The van der Waals surface area contributed by atoms with Gasteiger partial charge in [0.2, 0.25) is 5.91 Å². The van der Waals surface area contributed by atoms with Crippen molar-refractivity contribution in [1.82, 2.24) is 14.9 Å². The number of fused-ring (bicyclic) bond motifs is 1. The molecule has 1 fully saturated rings. The van der Waals surface area contributed by atoms with Crippen LogP contribution in [-0.4, -0.2) is 73.4 Å². The highest BCUT2D eigenvalue weighted by atomic mass is 32.2. The molecule has 13 nitrogen and oxygen atoms in total. The van der Waals surface area contributed by atoms with Gasteiger partial charge in [0.1, 0.15) is 24.2 Å². The minimum absolute atomic E-state index is 0.0320. The third kappa shape index (κ3) is 7.28. The highest BCUT2D eigenvalue weighted by molar-refractivity contribution is 8.01. The summed E-state index contributed by atoms with van der Waals surface area (Å²) in [6, 6.07) is 5.66. The van der Waals surface area contributed by atoms with Crippen LogP contribution in [0.1, 0.15) is 33.0 Å². The van der Waals surface area contributed by atoms with Crippen LogP contribution in [0, 0.1) is 0 Å². The van der Waals surface area contributed by atoms with E-state index in [9.17, 15) is 24.3 Å². The molecule has 5 heterocycles. The molecule has 1 atom stereocenters. The predicted molar refractivity (Wildman–Crippen MR) is 162 cm³/mol. The molecule has 0 aromatic carbocycles. The molecule has 2 aliphatic heterocycles. The van der Waals surface area contributed by atoms with Gasteiger partial charge >= 0.3 is 5.97 Å². The number of rotatable bonds is 10. The molecule has 0 unspecified atom stereocenters. The van der Waals surface area contributed by atoms with Gasteiger partial charge in [-0.1, -0.05) is 11.2 Å². The number of nitrogens with zero attached hydrogens (tertiary/aromatic N) is 4. The smallest absolute Gasteiger partial charge is 0.352 e. The van der Waals surface area contributed by atoms with Gasteiger partial charge < -0.3 is 27.1 Å². The van der Waals surface area contributed by atoms with Crippen molar-refractivity contribution in [1.29, 1.82) is 0 Å². The Labute approximate surface area is 256 Å². The van der Waals surface area contributed by atoms with Gasteiger partial charge in [0.05, 0.1) is 11.8 Å². The van der Waals surface area contributed by atoms with Crippen molar-refractivity contribution in [2.24, 2.45) is 16.6 Å². The minimum atomic E-state index is -1.08. The highest BCUT2D eigenvalue weighted by Gasteiger charge is 2.45. The van der Waals surface area contributed by atoms with Gasteiger partial charge in [-0.3, -0.25) is 24.3 Å². The lowest BCUT2D eigenvalue weighted by Crippen LogP contribution is -2.54. The van der Waals surface area contributed by atoms with Crippen LogP contribution in [0.5, 0.6) is 0 Å². The fourth-order valence-corrected chi connectivity index (χ4v) is 7.67. The normalized spacial score (nSPS) is 16.2. The number of carboxylic acid groups (broad SMARTS) is 1. The van der Waals surface area contributed by atoms with Crippen LogP contribution in [-0.2, 0) is 25.6 Å². The molecule has 0 radical (unpaired) electrons. The summed E-state index contributed by atoms with van der Waals surface area (Å²) in [7, 11) is 1.32. The molecule has 0 saturated carbocycles. The molecule has 7 N–H and O–H groups in total. The molecular formula is C25H25N7O6S4. The Kier molecular flexibility index (Phi) is 10.2. The number of thiazole rings is 1. The number of amides is 3. The van der Waals surface area contributed by atoms with Gasteiger partial charge in [-0.25, -0.2) is 9.78 Å². The lowest BCUT2D eigenvalue weighted by atomic mass is 10.1. The van der Waals surface area contributed by atoms with E-state index >= 15 is 0 Å². The summed E-state index contributed by atoms with van der Waals surface area (Å²) in [5.74, 6) is -1.57. The average molecular weight is 648 g/mol. The number of hydrogen-bond acceptors (Lipinski definition) is 13. The number of nitrogen functional groups attached to an aromatic ring is 1. The molecule has 0 spiro atoms. The SMILES string of the molecule is CO/N=C(\C(N)=O)c1csc(N)n1.NC(=O)c1cc(SCC2=C(C(=O)O)N3C(=O)C[C@@H]3SC2)c(Cc2cccs2)cn1. The van der Waals surface area contributed by atoms with E-state index in [4.69, 9.17) is 17.2 Å². The van der Waals surface area contributed by atoms with Gasteiger partial charge in [-0.05, 0) is 28.6 Å². The Morgan fingerprint density at radius 3 is 2.62 bits per heavy atom. The van der Waals surface area contributed by atoms with Gasteiger partial charge in [-0.15, -0.1) is 46.2 Å². The summed E-state index contributed by atoms with van der Waals surface area (Å²) in [5.41, 5.74) is 18.0. The monoisotopic (exact) mass is 647 g/mol. The number of anilines is 1. The van der Waals surface area contributed by atoms with Crippen LogP contribution >= 0.6 is 46.2 Å². The second-order valence-electron chi connectivity index (χ2n) is 8.63. The average Bonchev–Trinajstić information content (AvgIpc) is 3.62. The van der Waals surface area contributed by atoms with Crippen LogP contribution in [0.3, 0.4) is 0 Å². The lowest BCUT2D eigenvalue weighted by molar-refractivity contribution is -0.146. The van der Waals surface area contributed by atoms with E-state index in [0.29, 0.717) is 40.7 Å². The summed E-state index contributed by atoms with van der Waals surface area (Å²) >= 11 is 5.86.